The van der Waals surface area contributed by atoms with Crippen molar-refractivity contribution in [2.24, 2.45) is 0 Å². The molecule has 0 radical (unpaired) electrons. The Kier molecular flexibility index (Phi) is 4.31. The highest BCUT2D eigenvalue weighted by atomic mass is 32.1. The van der Waals surface area contributed by atoms with Gasteiger partial charge in [0, 0.05) is 30.1 Å². The number of nitrogens with one attached hydrogen (secondary N) is 1. The molecule has 21 heavy (non-hydrogen) atoms. The maximum atomic E-state index is 13.5. The number of carbonyl (C=O) groups excluding carboxylic acids is 1. The zero-order valence-electron chi connectivity index (χ0n) is 11.6. The Morgan fingerprint density at radius 3 is 3.05 bits per heavy atom. The minimum absolute atomic E-state index is 0.0584. The van der Waals surface area contributed by atoms with Crippen LogP contribution in [0.1, 0.15) is 16.0 Å². The van der Waals surface area contributed by atoms with Gasteiger partial charge in [0.2, 0.25) is 5.91 Å². The monoisotopic (exact) mass is 304 g/mol. The molecule has 1 N–H and O–H groups in total. The van der Waals surface area contributed by atoms with Crippen LogP contribution in [0.4, 0.5) is 4.39 Å². The standard InChI is InChI=1S/C16H17FN2OS/c17-14-4-2-1-3-12(14)9-18-16(20)11-19-7-5-15-13(10-19)6-8-21-15/h1-4,6,8H,5,7,9-11H2,(H,18,20). The fourth-order valence-corrected chi connectivity index (χ4v) is 3.43. The Morgan fingerprint density at radius 1 is 1.33 bits per heavy atom. The highest BCUT2D eigenvalue weighted by molar-refractivity contribution is 7.10. The molecule has 3 nitrogen and oxygen atoms in total. The fourth-order valence-electron chi connectivity index (χ4n) is 2.54. The number of benzene rings is 1. The molecular weight excluding hydrogens is 287 g/mol. The van der Waals surface area contributed by atoms with Gasteiger partial charge in [-0.2, -0.15) is 0 Å². The third-order valence-electron chi connectivity index (χ3n) is 3.69. The van der Waals surface area contributed by atoms with E-state index in [1.807, 2.05) is 0 Å². The number of fused-ring (bicyclic) bond motifs is 1. The van der Waals surface area contributed by atoms with E-state index in [-0.39, 0.29) is 18.3 Å². The van der Waals surface area contributed by atoms with Gasteiger partial charge in [0.05, 0.1) is 6.54 Å². The van der Waals surface area contributed by atoms with Gasteiger partial charge in [-0.15, -0.1) is 11.3 Å². The molecule has 1 aromatic heterocycles. The Morgan fingerprint density at radius 2 is 2.19 bits per heavy atom. The van der Waals surface area contributed by atoms with Gasteiger partial charge in [-0.1, -0.05) is 18.2 Å². The van der Waals surface area contributed by atoms with Crippen LogP contribution in [-0.2, 0) is 24.3 Å². The number of nitrogens with zero attached hydrogens (tertiary/aromatic N) is 1. The average Bonchev–Trinajstić information content (AvgIpc) is 2.94. The number of hydrogen-bond acceptors (Lipinski definition) is 3. The summed E-state index contributed by atoms with van der Waals surface area (Å²) in [4.78, 5) is 15.5. The van der Waals surface area contributed by atoms with Gasteiger partial charge in [-0.05, 0) is 29.5 Å². The van der Waals surface area contributed by atoms with E-state index >= 15 is 0 Å². The smallest absolute Gasteiger partial charge is 0.234 e. The van der Waals surface area contributed by atoms with E-state index in [0.717, 1.165) is 19.5 Å². The van der Waals surface area contributed by atoms with Crippen LogP contribution in [0.3, 0.4) is 0 Å². The summed E-state index contributed by atoms with van der Waals surface area (Å²) in [5.41, 5.74) is 1.85. The molecule has 1 aromatic carbocycles. The largest absolute Gasteiger partial charge is 0.351 e. The molecule has 0 saturated heterocycles. The highest BCUT2D eigenvalue weighted by Crippen LogP contribution is 2.23. The minimum Gasteiger partial charge on any atom is -0.351 e. The van der Waals surface area contributed by atoms with Crippen molar-refractivity contribution in [3.63, 3.8) is 0 Å². The summed E-state index contributed by atoms with van der Waals surface area (Å²) in [5, 5.41) is 4.89. The summed E-state index contributed by atoms with van der Waals surface area (Å²) in [6.07, 6.45) is 1.01. The van der Waals surface area contributed by atoms with Crippen LogP contribution in [0.15, 0.2) is 35.7 Å². The Hall–Kier alpha value is -1.72. The highest BCUT2D eigenvalue weighted by Gasteiger charge is 2.19. The number of thiophene rings is 1. The van der Waals surface area contributed by atoms with Crippen molar-refractivity contribution >= 4 is 17.2 Å². The lowest BCUT2D eigenvalue weighted by Crippen LogP contribution is -2.39. The van der Waals surface area contributed by atoms with Crippen LogP contribution in [0.2, 0.25) is 0 Å². The molecule has 1 amide bonds. The Bertz CT molecular complexity index is 641. The number of amides is 1. The minimum atomic E-state index is -0.279. The average molecular weight is 304 g/mol. The number of carbonyl (C=O) groups is 1. The lowest BCUT2D eigenvalue weighted by molar-refractivity contribution is -0.122. The third kappa shape index (κ3) is 3.49. The van der Waals surface area contributed by atoms with E-state index in [2.05, 4.69) is 21.7 Å². The van der Waals surface area contributed by atoms with E-state index in [4.69, 9.17) is 0 Å². The van der Waals surface area contributed by atoms with Crippen LogP contribution in [0.25, 0.3) is 0 Å². The van der Waals surface area contributed by atoms with Crippen molar-refractivity contribution in [1.29, 1.82) is 0 Å². The maximum Gasteiger partial charge on any atom is 0.234 e. The number of halogens is 1. The van der Waals surface area contributed by atoms with E-state index in [9.17, 15) is 9.18 Å². The van der Waals surface area contributed by atoms with Gasteiger partial charge in [-0.25, -0.2) is 4.39 Å². The summed E-state index contributed by atoms with van der Waals surface area (Å²) >= 11 is 1.79. The van der Waals surface area contributed by atoms with E-state index in [1.165, 1.54) is 16.5 Å². The van der Waals surface area contributed by atoms with Crippen molar-refractivity contribution in [1.82, 2.24) is 10.2 Å². The summed E-state index contributed by atoms with van der Waals surface area (Å²) in [5.74, 6) is -0.337. The zero-order chi connectivity index (χ0) is 14.7. The lowest BCUT2D eigenvalue weighted by Gasteiger charge is -2.26. The van der Waals surface area contributed by atoms with Crippen LogP contribution in [-0.4, -0.2) is 23.9 Å². The van der Waals surface area contributed by atoms with E-state index in [1.54, 1.807) is 29.5 Å². The molecule has 1 aliphatic heterocycles. The zero-order valence-corrected chi connectivity index (χ0v) is 12.5. The second-order valence-electron chi connectivity index (χ2n) is 5.20. The molecule has 1 aliphatic rings. The van der Waals surface area contributed by atoms with Crippen molar-refractivity contribution in [2.75, 3.05) is 13.1 Å². The summed E-state index contributed by atoms with van der Waals surface area (Å²) in [6, 6.07) is 8.64. The maximum absolute atomic E-state index is 13.5. The van der Waals surface area contributed by atoms with Crippen LogP contribution >= 0.6 is 11.3 Å². The van der Waals surface area contributed by atoms with Crippen LogP contribution in [0.5, 0.6) is 0 Å². The van der Waals surface area contributed by atoms with Gasteiger partial charge in [-0.3, -0.25) is 9.69 Å². The van der Waals surface area contributed by atoms with E-state index in [0.29, 0.717) is 12.1 Å². The molecule has 0 atom stereocenters. The SMILES string of the molecule is O=C(CN1CCc2sccc2C1)NCc1ccccc1F. The molecule has 2 aromatic rings. The predicted molar refractivity (Wildman–Crippen MR) is 81.5 cm³/mol. The molecular formula is C16H17FN2OS. The first kappa shape index (κ1) is 14.2. The van der Waals surface area contributed by atoms with Gasteiger partial charge >= 0.3 is 0 Å². The lowest BCUT2D eigenvalue weighted by atomic mass is 10.1. The molecule has 3 rings (SSSR count). The third-order valence-corrected chi connectivity index (χ3v) is 4.71. The molecule has 0 spiro atoms. The molecule has 2 heterocycles. The molecule has 0 saturated carbocycles. The van der Waals surface area contributed by atoms with Crippen LogP contribution < -0.4 is 5.32 Å². The molecule has 0 unspecified atom stereocenters. The van der Waals surface area contributed by atoms with Gasteiger partial charge in [0.25, 0.3) is 0 Å². The van der Waals surface area contributed by atoms with Crippen molar-refractivity contribution in [3.8, 4) is 0 Å². The summed E-state index contributed by atoms with van der Waals surface area (Å²) in [6.45, 7) is 2.33. The van der Waals surface area contributed by atoms with Crippen molar-refractivity contribution < 1.29 is 9.18 Å². The second kappa shape index (κ2) is 6.37. The topological polar surface area (TPSA) is 32.3 Å². The molecule has 5 heteroatoms. The van der Waals surface area contributed by atoms with Crippen molar-refractivity contribution in [3.05, 3.63) is 57.5 Å². The first-order chi connectivity index (χ1) is 10.2. The van der Waals surface area contributed by atoms with Gasteiger partial charge in [0.1, 0.15) is 5.82 Å². The second-order valence-corrected chi connectivity index (χ2v) is 6.20. The quantitative estimate of drug-likeness (QED) is 0.941. The summed E-state index contributed by atoms with van der Waals surface area (Å²) in [7, 11) is 0. The van der Waals surface area contributed by atoms with Gasteiger partial charge < -0.3 is 5.32 Å². The van der Waals surface area contributed by atoms with E-state index < -0.39 is 0 Å². The normalized spacial score (nSPS) is 14.7. The Labute approximate surface area is 127 Å². The molecule has 0 aliphatic carbocycles. The fraction of sp³-hybridized carbons (Fsp3) is 0.312. The first-order valence-electron chi connectivity index (χ1n) is 7.00. The predicted octanol–water partition coefficient (Wildman–Crippen LogP) is 2.56. The number of rotatable bonds is 4. The van der Waals surface area contributed by atoms with Crippen molar-refractivity contribution in [2.45, 2.75) is 19.5 Å². The summed E-state index contributed by atoms with van der Waals surface area (Å²) < 4.78 is 13.5. The first-order valence-corrected chi connectivity index (χ1v) is 7.88. The molecule has 0 fully saturated rings. The van der Waals surface area contributed by atoms with Gasteiger partial charge in [0.15, 0.2) is 0 Å². The Balaban J connectivity index is 1.50. The molecule has 0 bridgehead atoms. The molecule has 110 valence electrons. The van der Waals surface area contributed by atoms with Crippen LogP contribution in [0, 0.1) is 5.82 Å². The number of hydrogen-bond donors (Lipinski definition) is 1.